The van der Waals surface area contributed by atoms with E-state index in [9.17, 15) is 17.6 Å². The molecular weight excluding hydrogens is 686 g/mol. The zero-order valence-corrected chi connectivity index (χ0v) is 28.5. The summed E-state index contributed by atoms with van der Waals surface area (Å²) in [7, 11) is 0. The van der Waals surface area contributed by atoms with Gasteiger partial charge in [-0.1, -0.05) is 41.7 Å². The predicted octanol–water partition coefficient (Wildman–Crippen LogP) is 8.80. The molecule has 0 saturated heterocycles. The first-order valence-corrected chi connectivity index (χ1v) is 14.6. The molecule has 6 nitrogen and oxygen atoms in total. The summed E-state index contributed by atoms with van der Waals surface area (Å²) in [6.45, 7) is 8.65. The number of thioether (sulfide) groups is 2. The van der Waals surface area contributed by atoms with E-state index in [0.29, 0.717) is 54.3 Å². The summed E-state index contributed by atoms with van der Waals surface area (Å²) in [5, 5.41) is 8.95. The summed E-state index contributed by atoms with van der Waals surface area (Å²) in [5.74, 6) is -2.53. The van der Waals surface area contributed by atoms with Gasteiger partial charge in [0, 0.05) is 39.3 Å². The van der Waals surface area contributed by atoms with Crippen molar-refractivity contribution >= 4 is 51.5 Å². The standard InChI is InChI=1S/C17H10F2N3S.C16H8F2N3S.Zn/c1-10-5-12(18)7-13(19)16(10)23-17(14-3-2-4-21-14)15-6-11(8-20)9-22-15;1-19-11-8-14(21-9-11)16(13-3-2-6-20-13)22-15-5-4-10(17)7-12(15)18;/h2-7,9H,1H3;2-9H;/q2*-1;+2/b17-15+;16-13+;. The first kappa shape index (κ1) is 34.2. The Morgan fingerprint density at radius 1 is 0.913 bits per heavy atom. The summed E-state index contributed by atoms with van der Waals surface area (Å²) >= 11 is 2.23. The molecule has 2 aliphatic rings. The molecule has 46 heavy (non-hydrogen) atoms. The van der Waals surface area contributed by atoms with Crippen molar-refractivity contribution in [2.45, 2.75) is 16.7 Å². The Balaban J connectivity index is 0.000000205. The maximum Gasteiger partial charge on any atom is 2.00 e. The fourth-order valence-electron chi connectivity index (χ4n) is 4.01. The molecule has 0 spiro atoms. The van der Waals surface area contributed by atoms with Crippen LogP contribution in [0.4, 0.5) is 23.2 Å². The van der Waals surface area contributed by atoms with Crippen molar-refractivity contribution in [2.75, 3.05) is 0 Å². The molecule has 0 aliphatic carbocycles. The van der Waals surface area contributed by atoms with Gasteiger partial charge in [-0.25, -0.2) is 22.4 Å². The summed E-state index contributed by atoms with van der Waals surface area (Å²) in [6, 6.07) is 12.7. The van der Waals surface area contributed by atoms with Crippen molar-refractivity contribution in [3.05, 3.63) is 148 Å². The second-order valence-corrected chi connectivity index (χ2v) is 11.3. The maximum absolute atomic E-state index is 14.1. The van der Waals surface area contributed by atoms with Gasteiger partial charge in [-0.05, 0) is 48.9 Å². The van der Waals surface area contributed by atoms with Gasteiger partial charge in [0.2, 0.25) is 0 Å². The number of aromatic nitrogens is 2. The van der Waals surface area contributed by atoms with Crippen LogP contribution in [-0.2, 0) is 19.5 Å². The van der Waals surface area contributed by atoms with E-state index in [2.05, 4.69) is 24.8 Å². The molecule has 0 unspecified atom stereocenters. The van der Waals surface area contributed by atoms with Gasteiger partial charge in [-0.2, -0.15) is 17.7 Å². The number of hydrogen-bond acceptors (Lipinski definition) is 5. The Hall–Kier alpha value is -4.68. The molecule has 0 saturated carbocycles. The van der Waals surface area contributed by atoms with Crippen molar-refractivity contribution in [3.8, 4) is 6.07 Å². The smallest absolute Gasteiger partial charge is 0.674 e. The van der Waals surface area contributed by atoms with E-state index in [-0.39, 0.29) is 24.4 Å². The van der Waals surface area contributed by atoms with Crippen LogP contribution in [0.1, 0.15) is 17.0 Å². The zero-order valence-electron chi connectivity index (χ0n) is 23.9. The minimum atomic E-state index is -0.647. The third kappa shape index (κ3) is 8.12. The molecule has 0 bridgehead atoms. The van der Waals surface area contributed by atoms with Gasteiger partial charge in [-0.3, -0.25) is 9.98 Å². The number of hydrogen-bond donors (Lipinski definition) is 0. The van der Waals surface area contributed by atoms with Crippen LogP contribution in [-0.4, -0.2) is 12.4 Å². The van der Waals surface area contributed by atoms with Gasteiger partial charge in [0.25, 0.3) is 0 Å². The molecule has 0 amide bonds. The van der Waals surface area contributed by atoms with E-state index in [1.165, 1.54) is 30.6 Å². The number of aliphatic imine (C=N–C) groups is 2. The number of halogens is 4. The SMILES string of the molecule is Cc1cc(F)cc(F)c1S/C(=C1\C=C(C#N)C=N1)c1ccc[n-]1.[C-]#[N+]c1c[n-]c(/C(Sc2ccc(F)cc2F)=C2/C=CC=N2)c1.[Zn+2]. The summed E-state index contributed by atoms with van der Waals surface area (Å²) in [4.78, 5) is 21.9. The van der Waals surface area contributed by atoms with E-state index < -0.39 is 23.3 Å². The average Bonchev–Trinajstić information content (AvgIpc) is 3.85. The molecule has 2 aromatic carbocycles. The number of nitrogens with zero attached hydrogens (tertiary/aromatic N) is 6. The van der Waals surface area contributed by atoms with Gasteiger partial charge in [0.1, 0.15) is 29.3 Å². The van der Waals surface area contributed by atoms with Crippen LogP contribution >= 0.6 is 23.5 Å². The minimum Gasteiger partial charge on any atom is -0.674 e. The monoisotopic (exact) mass is 702 g/mol. The summed E-state index contributed by atoms with van der Waals surface area (Å²) < 4.78 is 54.3. The van der Waals surface area contributed by atoms with E-state index in [1.807, 2.05) is 6.07 Å². The van der Waals surface area contributed by atoms with Gasteiger partial charge in [0.05, 0.1) is 28.4 Å². The quantitative estimate of drug-likeness (QED) is 0.0868. The van der Waals surface area contributed by atoms with Gasteiger partial charge in [-0.15, -0.1) is 11.4 Å². The van der Waals surface area contributed by atoms with Crippen LogP contribution in [0, 0.1) is 48.1 Å². The van der Waals surface area contributed by atoms with Crippen LogP contribution in [0.5, 0.6) is 0 Å². The maximum atomic E-state index is 14.1. The third-order valence-electron chi connectivity index (χ3n) is 6.06. The first-order chi connectivity index (χ1) is 21.7. The fraction of sp³-hybridized carbons (Fsp3) is 0.0303. The van der Waals surface area contributed by atoms with Gasteiger partial charge in [0.15, 0.2) is 5.69 Å². The Labute approximate surface area is 283 Å². The molecule has 4 heterocycles. The van der Waals surface area contributed by atoms with E-state index >= 15 is 0 Å². The van der Waals surface area contributed by atoms with Crippen molar-refractivity contribution < 1.29 is 37.0 Å². The van der Waals surface area contributed by atoms with Crippen molar-refractivity contribution in [2.24, 2.45) is 9.98 Å². The van der Waals surface area contributed by atoms with Crippen LogP contribution < -0.4 is 9.97 Å². The number of allylic oxidation sites excluding steroid dienone is 4. The molecule has 4 aromatic rings. The van der Waals surface area contributed by atoms with Crippen LogP contribution in [0.2, 0.25) is 0 Å². The third-order valence-corrected chi connectivity index (χ3v) is 8.57. The number of nitriles is 1. The molecule has 0 N–H and O–H groups in total. The normalized spacial score (nSPS) is 15.0. The molecule has 2 aliphatic heterocycles. The average molecular weight is 704 g/mol. The molecule has 13 heteroatoms. The second kappa shape index (κ2) is 15.5. The Kier molecular flexibility index (Phi) is 11.6. The first-order valence-electron chi connectivity index (χ1n) is 13.0. The second-order valence-electron chi connectivity index (χ2n) is 9.20. The number of benzene rings is 2. The molecule has 0 fully saturated rings. The fourth-order valence-corrected chi connectivity index (χ4v) is 5.99. The van der Waals surface area contributed by atoms with E-state index in [4.69, 9.17) is 11.8 Å². The molecule has 0 radical (unpaired) electrons. The topological polar surface area (TPSA) is 81.1 Å². The van der Waals surface area contributed by atoms with Crippen molar-refractivity contribution in [3.63, 3.8) is 0 Å². The van der Waals surface area contributed by atoms with Crippen LogP contribution in [0.3, 0.4) is 0 Å². The zero-order chi connectivity index (χ0) is 31.9. The van der Waals surface area contributed by atoms with Crippen molar-refractivity contribution in [1.29, 1.82) is 5.26 Å². The number of aryl methyl sites for hydroxylation is 1. The van der Waals surface area contributed by atoms with E-state index in [1.54, 1.807) is 55.8 Å². The summed E-state index contributed by atoms with van der Waals surface area (Å²) in [5.41, 5.74) is 3.64. The van der Waals surface area contributed by atoms with Crippen molar-refractivity contribution in [1.82, 2.24) is 9.97 Å². The predicted molar refractivity (Wildman–Crippen MR) is 169 cm³/mol. The molecule has 0 atom stereocenters. The molecule has 6 rings (SSSR count). The Morgan fingerprint density at radius 2 is 1.70 bits per heavy atom. The van der Waals surface area contributed by atoms with E-state index in [0.717, 1.165) is 35.7 Å². The molecule has 2 aromatic heterocycles. The molecular formula is C33H18F4N6S2Zn. The van der Waals surface area contributed by atoms with Crippen LogP contribution in [0.25, 0.3) is 14.7 Å². The number of rotatable bonds is 6. The Morgan fingerprint density at radius 3 is 2.30 bits per heavy atom. The summed E-state index contributed by atoms with van der Waals surface area (Å²) in [6.07, 6.45) is 11.3. The van der Waals surface area contributed by atoms with Gasteiger partial charge >= 0.3 is 19.5 Å². The Bertz CT molecular complexity index is 2010. The van der Waals surface area contributed by atoms with Crippen LogP contribution in [0.15, 0.2) is 116 Å². The molecule has 222 valence electrons. The largest absolute Gasteiger partial charge is 2.00 e. The van der Waals surface area contributed by atoms with Gasteiger partial charge < -0.3 is 9.97 Å². The minimum absolute atomic E-state index is 0.